The fourth-order valence-electron chi connectivity index (χ4n) is 1.77. The van der Waals surface area contributed by atoms with Crippen molar-refractivity contribution in [2.24, 2.45) is 0 Å². The number of likely N-dealkylation sites (N-methyl/N-ethyl adjacent to an activating group) is 1. The lowest BCUT2D eigenvalue weighted by atomic mass is 10.1. The summed E-state index contributed by atoms with van der Waals surface area (Å²) in [5.74, 6) is 0. The van der Waals surface area contributed by atoms with Gasteiger partial charge in [0.15, 0.2) is 0 Å². The Morgan fingerprint density at radius 3 is 2.84 bits per heavy atom. The van der Waals surface area contributed by atoms with Gasteiger partial charge in [0.25, 0.3) is 0 Å². The van der Waals surface area contributed by atoms with E-state index in [1.165, 1.54) is 0 Å². The number of hydrogen-bond donors (Lipinski definition) is 2. The topological polar surface area (TPSA) is 44.7 Å². The molecule has 0 aliphatic heterocycles. The molecule has 4 nitrogen and oxygen atoms in total. The number of aliphatic hydroxyl groups excluding tert-OH is 1. The number of halogens is 1. The van der Waals surface area contributed by atoms with Crippen LogP contribution in [0.1, 0.15) is 12.5 Å². The molecule has 0 heterocycles. The van der Waals surface area contributed by atoms with Crippen molar-refractivity contribution >= 4 is 17.3 Å². The lowest BCUT2D eigenvalue weighted by Gasteiger charge is -2.28. The van der Waals surface area contributed by atoms with Gasteiger partial charge in [-0.25, -0.2) is 0 Å². The molecule has 1 unspecified atom stereocenters. The maximum Gasteiger partial charge on any atom is 0.0632 e. The third kappa shape index (κ3) is 4.99. The van der Waals surface area contributed by atoms with Gasteiger partial charge in [0.05, 0.1) is 13.2 Å². The normalized spacial score (nSPS) is 12.5. The van der Waals surface area contributed by atoms with E-state index in [9.17, 15) is 5.11 Å². The minimum atomic E-state index is 0.0520. The predicted molar refractivity (Wildman–Crippen MR) is 80.0 cm³/mol. The van der Waals surface area contributed by atoms with Gasteiger partial charge in [-0.05, 0) is 24.6 Å². The molecule has 1 atom stereocenters. The maximum atomic E-state index is 9.27. The van der Waals surface area contributed by atoms with Crippen LogP contribution in [0.5, 0.6) is 0 Å². The lowest BCUT2D eigenvalue weighted by molar-refractivity contribution is 0.199. The zero-order chi connectivity index (χ0) is 14.3. The van der Waals surface area contributed by atoms with E-state index in [0.717, 1.165) is 24.3 Å². The van der Waals surface area contributed by atoms with Crippen molar-refractivity contribution in [1.82, 2.24) is 5.32 Å². The smallest absolute Gasteiger partial charge is 0.0632 e. The molecule has 0 radical (unpaired) electrons. The zero-order valence-electron chi connectivity index (χ0n) is 11.8. The van der Waals surface area contributed by atoms with Gasteiger partial charge in [-0.1, -0.05) is 17.7 Å². The molecule has 5 heteroatoms. The Morgan fingerprint density at radius 1 is 1.47 bits per heavy atom. The van der Waals surface area contributed by atoms with Gasteiger partial charge >= 0.3 is 0 Å². The first-order valence-electron chi connectivity index (χ1n) is 6.42. The molecule has 2 N–H and O–H groups in total. The summed E-state index contributed by atoms with van der Waals surface area (Å²) in [6.07, 6.45) is 0. The summed E-state index contributed by atoms with van der Waals surface area (Å²) in [6.45, 7) is 4.32. The van der Waals surface area contributed by atoms with Gasteiger partial charge < -0.3 is 20.1 Å². The van der Waals surface area contributed by atoms with Crippen molar-refractivity contribution in [1.29, 1.82) is 0 Å². The molecule has 0 saturated carbocycles. The predicted octanol–water partition coefficient (Wildman–Crippen LogP) is 1.89. The summed E-state index contributed by atoms with van der Waals surface area (Å²) in [5, 5.41) is 13.3. The monoisotopic (exact) mass is 286 g/mol. The molecule has 0 spiro atoms. The number of nitrogens with one attached hydrogen (secondary N) is 1. The maximum absolute atomic E-state index is 9.27. The molecule has 19 heavy (non-hydrogen) atoms. The second-order valence-corrected chi connectivity index (χ2v) is 5.02. The van der Waals surface area contributed by atoms with Gasteiger partial charge in [-0.2, -0.15) is 0 Å². The number of rotatable bonds is 8. The van der Waals surface area contributed by atoms with Crippen LogP contribution in [-0.2, 0) is 11.3 Å². The number of methoxy groups -OCH3 is 1. The highest BCUT2D eigenvalue weighted by atomic mass is 35.5. The van der Waals surface area contributed by atoms with Crippen LogP contribution in [-0.4, -0.2) is 45.1 Å². The van der Waals surface area contributed by atoms with E-state index in [2.05, 4.69) is 5.32 Å². The van der Waals surface area contributed by atoms with Crippen molar-refractivity contribution in [2.45, 2.75) is 19.5 Å². The molecule has 1 aromatic rings. The first-order valence-corrected chi connectivity index (χ1v) is 6.79. The van der Waals surface area contributed by atoms with Crippen LogP contribution in [0.2, 0.25) is 5.02 Å². The van der Waals surface area contributed by atoms with E-state index in [1.54, 1.807) is 7.11 Å². The highest BCUT2D eigenvalue weighted by Gasteiger charge is 2.13. The average molecular weight is 287 g/mol. The van der Waals surface area contributed by atoms with Gasteiger partial charge in [-0.15, -0.1) is 0 Å². The molecule has 0 amide bonds. The van der Waals surface area contributed by atoms with Crippen LogP contribution in [0.15, 0.2) is 18.2 Å². The van der Waals surface area contributed by atoms with Crippen molar-refractivity contribution < 1.29 is 9.84 Å². The van der Waals surface area contributed by atoms with Crippen LogP contribution in [0.25, 0.3) is 0 Å². The third-order valence-corrected chi connectivity index (χ3v) is 3.39. The van der Waals surface area contributed by atoms with E-state index in [4.69, 9.17) is 16.3 Å². The molecule has 0 bridgehead atoms. The van der Waals surface area contributed by atoms with Gasteiger partial charge in [-0.3, -0.25) is 0 Å². The van der Waals surface area contributed by atoms with E-state index in [0.29, 0.717) is 11.6 Å². The number of ether oxygens (including phenoxy) is 1. The first kappa shape index (κ1) is 16.2. The summed E-state index contributed by atoms with van der Waals surface area (Å²) >= 11 is 6.06. The Kier molecular flexibility index (Phi) is 7.16. The van der Waals surface area contributed by atoms with Crippen molar-refractivity contribution in [3.8, 4) is 0 Å². The van der Waals surface area contributed by atoms with E-state index >= 15 is 0 Å². The molecule has 108 valence electrons. The molecular weight excluding hydrogens is 264 g/mol. The first-order chi connectivity index (χ1) is 9.10. The number of anilines is 1. The Labute approximate surface area is 120 Å². The van der Waals surface area contributed by atoms with Crippen molar-refractivity contribution in [2.75, 3.05) is 38.8 Å². The second-order valence-electron chi connectivity index (χ2n) is 4.59. The van der Waals surface area contributed by atoms with Gasteiger partial charge in [0.2, 0.25) is 0 Å². The van der Waals surface area contributed by atoms with Crippen molar-refractivity contribution in [3.05, 3.63) is 28.8 Å². The molecule has 0 aliphatic rings. The minimum Gasteiger partial charge on any atom is -0.394 e. The fourth-order valence-corrected chi connectivity index (χ4v) is 1.94. The Bertz CT molecular complexity index is 388. The molecule has 0 saturated heterocycles. The average Bonchev–Trinajstić information content (AvgIpc) is 2.43. The van der Waals surface area contributed by atoms with E-state index < -0.39 is 0 Å². The number of benzene rings is 1. The van der Waals surface area contributed by atoms with Crippen LogP contribution in [0, 0.1) is 0 Å². The van der Waals surface area contributed by atoms with Crippen LogP contribution >= 0.6 is 11.6 Å². The standard InChI is InChI=1S/C14H23ClN2O2/c1-11(10-18)17(2)14-8-13(15)5-4-12(14)9-16-6-7-19-3/h4-5,8,11,16,18H,6-7,9-10H2,1-3H3. The lowest BCUT2D eigenvalue weighted by Crippen LogP contribution is -2.33. The highest BCUT2D eigenvalue weighted by Crippen LogP contribution is 2.25. The van der Waals surface area contributed by atoms with Crippen LogP contribution < -0.4 is 10.2 Å². The number of nitrogens with zero attached hydrogens (tertiary/aromatic N) is 1. The van der Waals surface area contributed by atoms with Crippen LogP contribution in [0.4, 0.5) is 5.69 Å². The Morgan fingerprint density at radius 2 is 2.21 bits per heavy atom. The van der Waals surface area contributed by atoms with E-state index in [-0.39, 0.29) is 12.6 Å². The molecule has 1 rings (SSSR count). The van der Waals surface area contributed by atoms with Crippen molar-refractivity contribution in [3.63, 3.8) is 0 Å². The molecule has 1 aromatic carbocycles. The van der Waals surface area contributed by atoms with Gasteiger partial charge in [0, 0.05) is 44.0 Å². The fraction of sp³-hybridized carbons (Fsp3) is 0.571. The summed E-state index contributed by atoms with van der Waals surface area (Å²) in [7, 11) is 3.65. The summed E-state index contributed by atoms with van der Waals surface area (Å²) < 4.78 is 5.01. The summed E-state index contributed by atoms with van der Waals surface area (Å²) in [6, 6.07) is 5.88. The zero-order valence-corrected chi connectivity index (χ0v) is 12.6. The molecule has 0 fully saturated rings. The molecule has 0 aliphatic carbocycles. The second kappa shape index (κ2) is 8.38. The Hall–Kier alpha value is -0.810. The van der Waals surface area contributed by atoms with Gasteiger partial charge in [0.1, 0.15) is 0 Å². The summed E-state index contributed by atoms with van der Waals surface area (Å²) in [4.78, 5) is 2.04. The largest absolute Gasteiger partial charge is 0.394 e. The minimum absolute atomic E-state index is 0.0520. The quantitative estimate of drug-likeness (QED) is 0.717. The van der Waals surface area contributed by atoms with E-state index in [1.807, 2.05) is 37.1 Å². The third-order valence-electron chi connectivity index (χ3n) is 3.15. The highest BCUT2D eigenvalue weighted by molar-refractivity contribution is 6.30. The number of aliphatic hydroxyl groups is 1. The summed E-state index contributed by atoms with van der Waals surface area (Å²) in [5.41, 5.74) is 2.20. The number of hydrogen-bond acceptors (Lipinski definition) is 4. The van der Waals surface area contributed by atoms with Crippen LogP contribution in [0.3, 0.4) is 0 Å². The Balaban J connectivity index is 2.79. The molecular formula is C14H23ClN2O2. The molecule has 0 aromatic heterocycles. The SMILES string of the molecule is COCCNCc1ccc(Cl)cc1N(C)C(C)CO.